The Bertz CT molecular complexity index is 1140. The molecule has 0 spiro atoms. The van der Waals surface area contributed by atoms with Gasteiger partial charge in [0.05, 0.1) is 24.7 Å². The van der Waals surface area contributed by atoms with E-state index in [4.69, 9.17) is 10.5 Å². The van der Waals surface area contributed by atoms with Crippen molar-refractivity contribution in [2.75, 3.05) is 12.3 Å². The van der Waals surface area contributed by atoms with Crippen LogP contribution in [0.1, 0.15) is 42.3 Å². The van der Waals surface area contributed by atoms with Gasteiger partial charge < -0.3 is 31.1 Å². The van der Waals surface area contributed by atoms with Crippen molar-refractivity contribution in [2.24, 2.45) is 0 Å². The second-order valence-electron chi connectivity index (χ2n) is 8.09. The second-order valence-corrected chi connectivity index (χ2v) is 8.09. The van der Waals surface area contributed by atoms with Crippen LogP contribution in [0.2, 0.25) is 0 Å². The van der Waals surface area contributed by atoms with Crippen molar-refractivity contribution in [1.82, 2.24) is 34.6 Å². The first-order valence-electron chi connectivity index (χ1n) is 10.4. The molecule has 4 atom stereocenters. The van der Waals surface area contributed by atoms with Gasteiger partial charge in [-0.25, -0.2) is 9.67 Å². The third-order valence-corrected chi connectivity index (χ3v) is 5.97. The number of nitrogen functional groups attached to an aromatic ring is 1. The summed E-state index contributed by atoms with van der Waals surface area (Å²) in [7, 11) is 0. The third-order valence-electron chi connectivity index (χ3n) is 5.97. The summed E-state index contributed by atoms with van der Waals surface area (Å²) < 4.78 is 8.31. The number of hydrogen-bond donors (Lipinski definition) is 5. The van der Waals surface area contributed by atoms with Gasteiger partial charge in [-0.3, -0.25) is 9.36 Å². The Kier molecular flexibility index (Phi) is 5.25. The molecule has 1 aliphatic carbocycles. The molecule has 4 heterocycles. The van der Waals surface area contributed by atoms with E-state index in [9.17, 15) is 20.1 Å². The molecule has 1 aliphatic heterocycles. The molecule has 1 amide bonds. The lowest BCUT2D eigenvalue weighted by Gasteiger charge is -2.16. The van der Waals surface area contributed by atoms with Crippen molar-refractivity contribution in [2.45, 2.75) is 56.3 Å². The number of carbonyl (C=O) groups is 1. The van der Waals surface area contributed by atoms with Crippen LogP contribution in [0.5, 0.6) is 0 Å². The summed E-state index contributed by atoms with van der Waals surface area (Å²) in [5, 5.41) is 37.0. The van der Waals surface area contributed by atoms with E-state index in [0.717, 1.165) is 25.7 Å². The highest BCUT2D eigenvalue weighted by molar-refractivity contribution is 5.94. The number of hydrogen-bond acceptors (Lipinski definition) is 10. The molecule has 1 saturated heterocycles. The molecule has 6 N–H and O–H groups in total. The Labute approximate surface area is 181 Å². The highest BCUT2D eigenvalue weighted by Crippen LogP contribution is 2.32. The van der Waals surface area contributed by atoms with Crippen molar-refractivity contribution in [3.8, 4) is 5.95 Å². The lowest BCUT2D eigenvalue weighted by atomic mass is 10.1. The summed E-state index contributed by atoms with van der Waals surface area (Å²) >= 11 is 0. The highest BCUT2D eigenvalue weighted by Gasteiger charge is 2.44. The fourth-order valence-electron chi connectivity index (χ4n) is 4.21. The SMILES string of the molecule is Nc1nc(-n2cc(C(=O)NC3CCCC3)cn2)nc2c1ncn2C1O[C@H](CO)[C@@H](O)[C@H]1O. The van der Waals surface area contributed by atoms with E-state index >= 15 is 0 Å². The topological polar surface area (TPSA) is 186 Å². The Hall–Kier alpha value is -3.13. The average Bonchev–Trinajstić information content (AvgIpc) is 3.56. The molecule has 13 nitrogen and oxygen atoms in total. The van der Waals surface area contributed by atoms with E-state index in [0.29, 0.717) is 5.56 Å². The quantitative estimate of drug-likeness (QED) is 0.322. The van der Waals surface area contributed by atoms with Gasteiger partial charge >= 0.3 is 0 Å². The van der Waals surface area contributed by atoms with Crippen LogP contribution in [-0.2, 0) is 4.74 Å². The van der Waals surface area contributed by atoms with Gasteiger partial charge in [0.15, 0.2) is 17.7 Å². The van der Waals surface area contributed by atoms with Crippen LogP contribution in [0.4, 0.5) is 5.82 Å². The molecule has 1 unspecified atom stereocenters. The Morgan fingerprint density at radius 1 is 1.25 bits per heavy atom. The van der Waals surface area contributed by atoms with E-state index in [-0.39, 0.29) is 34.9 Å². The number of nitrogens with one attached hydrogen (secondary N) is 1. The summed E-state index contributed by atoms with van der Waals surface area (Å²) in [5.74, 6) is -0.0416. The van der Waals surface area contributed by atoms with Crippen molar-refractivity contribution >= 4 is 22.9 Å². The number of aliphatic hydroxyl groups is 3. The molecule has 5 rings (SSSR count). The second kappa shape index (κ2) is 8.09. The maximum absolute atomic E-state index is 12.5. The van der Waals surface area contributed by atoms with E-state index in [1.165, 1.54) is 28.0 Å². The van der Waals surface area contributed by atoms with E-state index in [2.05, 4.69) is 25.4 Å². The Balaban J connectivity index is 1.45. The fourth-order valence-corrected chi connectivity index (χ4v) is 4.21. The zero-order chi connectivity index (χ0) is 22.4. The van der Waals surface area contributed by atoms with E-state index < -0.39 is 31.1 Å². The number of nitrogens with zero attached hydrogens (tertiary/aromatic N) is 6. The maximum atomic E-state index is 12.5. The minimum Gasteiger partial charge on any atom is -0.394 e. The summed E-state index contributed by atoms with van der Waals surface area (Å²) in [4.78, 5) is 25.3. The van der Waals surface area contributed by atoms with Gasteiger partial charge in [-0.15, -0.1) is 0 Å². The monoisotopic (exact) mass is 444 g/mol. The maximum Gasteiger partial charge on any atom is 0.254 e. The van der Waals surface area contributed by atoms with E-state index in [1.807, 2.05) is 0 Å². The molecule has 13 heteroatoms. The molecule has 2 fully saturated rings. The highest BCUT2D eigenvalue weighted by atomic mass is 16.6. The van der Waals surface area contributed by atoms with Crippen molar-refractivity contribution < 1.29 is 24.9 Å². The summed E-state index contributed by atoms with van der Waals surface area (Å²) in [6.45, 7) is -0.456. The van der Waals surface area contributed by atoms with Crippen molar-refractivity contribution in [1.29, 1.82) is 0 Å². The van der Waals surface area contributed by atoms with Crippen molar-refractivity contribution in [3.05, 3.63) is 24.3 Å². The lowest BCUT2D eigenvalue weighted by molar-refractivity contribution is -0.0511. The van der Waals surface area contributed by atoms with Crippen LogP contribution < -0.4 is 11.1 Å². The lowest BCUT2D eigenvalue weighted by Crippen LogP contribution is -2.33. The van der Waals surface area contributed by atoms with Gasteiger partial charge in [-0.05, 0) is 12.8 Å². The van der Waals surface area contributed by atoms with Crippen molar-refractivity contribution in [3.63, 3.8) is 0 Å². The van der Waals surface area contributed by atoms with Crippen LogP contribution in [0.3, 0.4) is 0 Å². The molecule has 0 bridgehead atoms. The van der Waals surface area contributed by atoms with Gasteiger partial charge in [0.1, 0.15) is 23.8 Å². The largest absolute Gasteiger partial charge is 0.394 e. The third kappa shape index (κ3) is 3.48. The minimum absolute atomic E-state index is 0.0722. The number of carbonyl (C=O) groups excluding carboxylic acids is 1. The molecule has 3 aromatic heterocycles. The number of aliphatic hydroxyl groups excluding tert-OH is 3. The molecular weight excluding hydrogens is 420 g/mol. The molecule has 0 radical (unpaired) electrons. The molecule has 3 aromatic rings. The number of amides is 1. The number of imidazole rings is 1. The molecular formula is C19H24N8O5. The van der Waals surface area contributed by atoms with Crippen LogP contribution in [0.15, 0.2) is 18.7 Å². The first-order valence-corrected chi connectivity index (χ1v) is 10.4. The van der Waals surface area contributed by atoms with Crippen LogP contribution >= 0.6 is 0 Å². The van der Waals surface area contributed by atoms with Crippen LogP contribution in [0.25, 0.3) is 17.1 Å². The van der Waals surface area contributed by atoms with Gasteiger partial charge in [0, 0.05) is 12.2 Å². The Morgan fingerprint density at radius 2 is 2.03 bits per heavy atom. The number of anilines is 1. The molecule has 1 saturated carbocycles. The van der Waals surface area contributed by atoms with Gasteiger partial charge in [0.25, 0.3) is 11.9 Å². The molecule has 0 aromatic carbocycles. The first kappa shape index (κ1) is 20.8. The summed E-state index contributed by atoms with van der Waals surface area (Å²) in [6.07, 6.45) is 3.92. The normalized spacial score (nSPS) is 26.2. The average molecular weight is 444 g/mol. The van der Waals surface area contributed by atoms with Crippen LogP contribution in [0, 0.1) is 0 Å². The number of fused-ring (bicyclic) bond motifs is 1. The zero-order valence-corrected chi connectivity index (χ0v) is 17.1. The zero-order valence-electron chi connectivity index (χ0n) is 17.1. The molecule has 2 aliphatic rings. The fraction of sp³-hybridized carbons (Fsp3) is 0.526. The first-order chi connectivity index (χ1) is 15.5. The molecule has 170 valence electrons. The number of aromatic nitrogens is 6. The standard InChI is InChI=1S/C19H24N8O5/c20-15-12-16(26(8-21-12)18-14(30)13(29)11(7-28)32-18)25-19(24-15)27-6-9(5-22-27)17(31)23-10-3-1-2-4-10/h5-6,8,10-11,13-14,18,28-30H,1-4,7H2,(H,23,31)(H2,20,24,25)/t11-,13-,14-,18?/m1/s1. The summed E-state index contributed by atoms with van der Waals surface area (Å²) in [6, 6.07) is 0.180. The smallest absolute Gasteiger partial charge is 0.254 e. The van der Waals surface area contributed by atoms with Gasteiger partial charge in [0.2, 0.25) is 0 Å². The summed E-state index contributed by atoms with van der Waals surface area (Å²) in [5.41, 5.74) is 6.95. The van der Waals surface area contributed by atoms with Crippen LogP contribution in [-0.4, -0.2) is 81.5 Å². The number of ether oxygens (including phenoxy) is 1. The Morgan fingerprint density at radius 3 is 2.75 bits per heavy atom. The van der Waals surface area contributed by atoms with Gasteiger partial charge in [-0.2, -0.15) is 15.1 Å². The molecule has 32 heavy (non-hydrogen) atoms. The van der Waals surface area contributed by atoms with E-state index in [1.54, 1.807) is 0 Å². The number of rotatable bonds is 5. The van der Waals surface area contributed by atoms with Gasteiger partial charge in [-0.1, -0.05) is 12.8 Å². The minimum atomic E-state index is -1.31. The number of nitrogens with two attached hydrogens (primary N) is 1. The predicted octanol–water partition coefficient (Wildman–Crippen LogP) is -1.12. The predicted molar refractivity (Wildman–Crippen MR) is 110 cm³/mol.